The molecule has 0 spiro atoms. The maximum absolute atomic E-state index is 12.5. The second-order valence-electron chi connectivity index (χ2n) is 5.53. The van der Waals surface area contributed by atoms with Gasteiger partial charge in [-0.1, -0.05) is 0 Å². The van der Waals surface area contributed by atoms with Gasteiger partial charge in [-0.15, -0.1) is 0 Å². The molecule has 0 amide bonds. The van der Waals surface area contributed by atoms with Crippen molar-refractivity contribution in [2.45, 2.75) is 25.7 Å². The summed E-state index contributed by atoms with van der Waals surface area (Å²) in [5.41, 5.74) is 2.50. The van der Waals surface area contributed by atoms with E-state index in [4.69, 9.17) is 18.3 Å². The molecule has 1 N–H and O–H groups in total. The first-order valence-electron chi connectivity index (χ1n) is 7.76. The smallest absolute Gasteiger partial charge is 0.497 e. The van der Waals surface area contributed by atoms with Crippen molar-refractivity contribution in [3.63, 3.8) is 0 Å². The molecule has 0 aliphatic heterocycles. The molecule has 2 aromatic rings. The molecule has 1 aliphatic rings. The number of phosphoric ester groups is 1. The lowest BCUT2D eigenvalue weighted by atomic mass is 10.1. The van der Waals surface area contributed by atoms with E-state index in [9.17, 15) is 4.57 Å². The first-order valence-corrected chi connectivity index (χ1v) is 9.22. The second kappa shape index (κ2) is 6.97. The fraction of sp³-hybridized carbons (Fsp3) is 0.438. The van der Waals surface area contributed by atoms with Gasteiger partial charge in [-0.05, 0) is 43.4 Å². The third-order valence-electron chi connectivity index (χ3n) is 4.16. The Kier molecular flexibility index (Phi) is 4.94. The first kappa shape index (κ1) is 17.0. The zero-order chi connectivity index (χ0) is 17.2. The van der Waals surface area contributed by atoms with Gasteiger partial charge in [-0.3, -0.25) is 14.1 Å². The average molecular weight is 352 g/mol. The maximum Gasteiger partial charge on any atom is 0.529 e. The quantitative estimate of drug-likeness (QED) is 0.617. The van der Waals surface area contributed by atoms with E-state index in [1.165, 1.54) is 14.2 Å². The summed E-state index contributed by atoms with van der Waals surface area (Å²) in [6.45, 7) is 0. The van der Waals surface area contributed by atoms with Crippen LogP contribution in [-0.4, -0.2) is 31.5 Å². The molecular formula is C16H21N2O5P. The lowest BCUT2D eigenvalue weighted by Crippen LogP contribution is -1.99. The van der Waals surface area contributed by atoms with Gasteiger partial charge in [0.2, 0.25) is 0 Å². The third kappa shape index (κ3) is 3.20. The number of aromatic nitrogens is 2. The SMILES string of the molecule is COc1ccc2c(C(OP(=O)(OC)OC)=C3CCCC3)n[nH]c2c1. The molecule has 0 atom stereocenters. The predicted molar refractivity (Wildman–Crippen MR) is 90.7 cm³/mol. The minimum absolute atomic E-state index is 0.482. The number of fused-ring (bicyclic) bond motifs is 1. The van der Waals surface area contributed by atoms with Crippen LogP contribution >= 0.6 is 7.82 Å². The molecule has 130 valence electrons. The van der Waals surface area contributed by atoms with E-state index in [-0.39, 0.29) is 0 Å². The lowest BCUT2D eigenvalue weighted by molar-refractivity contribution is 0.200. The van der Waals surface area contributed by atoms with E-state index in [0.717, 1.165) is 47.9 Å². The Bertz CT molecular complexity index is 798. The van der Waals surface area contributed by atoms with Crippen LogP contribution in [0, 0.1) is 0 Å². The molecule has 8 heteroatoms. The van der Waals surface area contributed by atoms with Crippen molar-refractivity contribution >= 4 is 24.5 Å². The topological polar surface area (TPSA) is 82.7 Å². The summed E-state index contributed by atoms with van der Waals surface area (Å²) in [5, 5.41) is 8.21. The van der Waals surface area contributed by atoms with Gasteiger partial charge in [0.05, 0.1) is 12.6 Å². The summed E-state index contributed by atoms with van der Waals surface area (Å²) in [4.78, 5) is 0. The van der Waals surface area contributed by atoms with E-state index in [2.05, 4.69) is 10.2 Å². The van der Waals surface area contributed by atoms with E-state index in [1.54, 1.807) is 7.11 Å². The number of hydrogen-bond donors (Lipinski definition) is 1. The molecule has 0 bridgehead atoms. The van der Waals surface area contributed by atoms with Crippen LogP contribution in [0.25, 0.3) is 16.7 Å². The van der Waals surface area contributed by atoms with Crippen molar-refractivity contribution in [3.05, 3.63) is 29.5 Å². The normalized spacial score (nSPS) is 15.0. The monoisotopic (exact) mass is 352 g/mol. The van der Waals surface area contributed by atoms with Crippen molar-refractivity contribution in [2.24, 2.45) is 0 Å². The highest BCUT2D eigenvalue weighted by atomic mass is 31.2. The largest absolute Gasteiger partial charge is 0.529 e. The fourth-order valence-corrected chi connectivity index (χ4v) is 3.60. The molecule has 0 radical (unpaired) electrons. The summed E-state index contributed by atoms with van der Waals surface area (Å²) in [7, 11) is 0.552. The van der Waals surface area contributed by atoms with Crippen molar-refractivity contribution in [1.29, 1.82) is 0 Å². The van der Waals surface area contributed by atoms with Crippen LogP contribution in [0.2, 0.25) is 0 Å². The zero-order valence-corrected chi connectivity index (χ0v) is 14.9. The van der Waals surface area contributed by atoms with Gasteiger partial charge in [-0.25, -0.2) is 4.57 Å². The number of methoxy groups -OCH3 is 1. The van der Waals surface area contributed by atoms with Crippen LogP contribution in [0.5, 0.6) is 5.75 Å². The minimum atomic E-state index is -3.66. The average Bonchev–Trinajstić information content (AvgIpc) is 3.28. The van der Waals surface area contributed by atoms with Crippen LogP contribution in [0.15, 0.2) is 23.8 Å². The number of hydrogen-bond acceptors (Lipinski definition) is 6. The molecule has 1 heterocycles. The summed E-state index contributed by atoms with van der Waals surface area (Å²) in [6.07, 6.45) is 3.91. The van der Waals surface area contributed by atoms with Crippen LogP contribution < -0.4 is 4.74 Å². The number of H-pyrrole nitrogens is 1. The van der Waals surface area contributed by atoms with Gasteiger partial charge in [0.25, 0.3) is 0 Å². The number of aromatic amines is 1. The van der Waals surface area contributed by atoms with Crippen LogP contribution in [0.1, 0.15) is 31.4 Å². The minimum Gasteiger partial charge on any atom is -0.497 e. The number of nitrogens with zero attached hydrogens (tertiary/aromatic N) is 1. The molecule has 0 saturated heterocycles. The fourth-order valence-electron chi connectivity index (χ4n) is 2.86. The Morgan fingerprint density at radius 3 is 2.50 bits per heavy atom. The summed E-state index contributed by atoms with van der Waals surface area (Å²) in [5.74, 6) is 1.21. The molecule has 1 aromatic heterocycles. The van der Waals surface area contributed by atoms with Gasteiger partial charge in [-0.2, -0.15) is 5.10 Å². The van der Waals surface area contributed by atoms with Crippen molar-refractivity contribution in [2.75, 3.05) is 21.3 Å². The Morgan fingerprint density at radius 2 is 1.88 bits per heavy atom. The lowest BCUT2D eigenvalue weighted by Gasteiger charge is -2.18. The number of allylic oxidation sites excluding steroid dienone is 1. The molecule has 24 heavy (non-hydrogen) atoms. The third-order valence-corrected chi connectivity index (χ3v) is 5.46. The molecule has 7 nitrogen and oxygen atoms in total. The van der Waals surface area contributed by atoms with E-state index < -0.39 is 7.82 Å². The number of nitrogens with one attached hydrogen (secondary N) is 1. The standard InChI is InChI=1S/C16H21N2O5P/c1-20-12-8-9-13-14(10-12)17-18-15(13)16(11-6-4-5-7-11)23-24(19,21-2)22-3/h8-10H,4-7H2,1-3H3,(H,17,18). The maximum atomic E-state index is 12.5. The van der Waals surface area contributed by atoms with Crippen molar-refractivity contribution in [1.82, 2.24) is 10.2 Å². The molecule has 1 fully saturated rings. The van der Waals surface area contributed by atoms with Crippen molar-refractivity contribution < 1.29 is 22.9 Å². The summed E-state index contributed by atoms with van der Waals surface area (Å²) >= 11 is 0. The van der Waals surface area contributed by atoms with E-state index in [1.807, 2.05) is 18.2 Å². The highest BCUT2D eigenvalue weighted by Gasteiger charge is 2.31. The summed E-state index contributed by atoms with van der Waals surface area (Å²) < 4.78 is 33.3. The molecule has 0 unspecified atom stereocenters. The van der Waals surface area contributed by atoms with Gasteiger partial charge in [0.15, 0.2) is 5.76 Å². The second-order valence-corrected chi connectivity index (χ2v) is 7.33. The van der Waals surface area contributed by atoms with Crippen LogP contribution in [0.4, 0.5) is 0 Å². The summed E-state index contributed by atoms with van der Waals surface area (Å²) in [6, 6.07) is 5.61. The Balaban J connectivity index is 2.10. The zero-order valence-electron chi connectivity index (χ0n) is 14.0. The Labute approximate surface area is 140 Å². The van der Waals surface area contributed by atoms with E-state index in [0.29, 0.717) is 11.5 Å². The van der Waals surface area contributed by atoms with Gasteiger partial charge in [0, 0.05) is 25.7 Å². The highest BCUT2D eigenvalue weighted by Crippen LogP contribution is 2.53. The number of ether oxygens (including phenoxy) is 1. The highest BCUT2D eigenvalue weighted by molar-refractivity contribution is 7.48. The van der Waals surface area contributed by atoms with Crippen LogP contribution in [0.3, 0.4) is 0 Å². The predicted octanol–water partition coefficient (Wildman–Crippen LogP) is 4.27. The van der Waals surface area contributed by atoms with Gasteiger partial charge >= 0.3 is 7.82 Å². The van der Waals surface area contributed by atoms with E-state index >= 15 is 0 Å². The van der Waals surface area contributed by atoms with Crippen LogP contribution in [-0.2, 0) is 18.1 Å². The molecule has 1 aliphatic carbocycles. The first-order chi connectivity index (χ1) is 11.6. The van der Waals surface area contributed by atoms with Gasteiger partial charge < -0.3 is 9.26 Å². The molecule has 1 saturated carbocycles. The molecular weight excluding hydrogens is 331 g/mol. The number of rotatable bonds is 6. The van der Waals surface area contributed by atoms with Gasteiger partial charge in [0.1, 0.15) is 11.4 Å². The Morgan fingerprint density at radius 1 is 1.17 bits per heavy atom. The molecule has 3 rings (SSSR count). The Hall–Kier alpha value is -1.82. The number of phosphoric acid groups is 1. The molecule has 1 aromatic carbocycles. The van der Waals surface area contributed by atoms with Crippen molar-refractivity contribution in [3.8, 4) is 5.75 Å². The number of benzene rings is 1.